The SMILES string of the molecule is CCCCCC/C=C\CCCCCCCCCC(=O)OCC1OC(OC2C(O)C(O)C(O)C(OC3OC(CO)C(O)C(O)C3O)C2OP(=O)(O)OCC(COC(=O)CCCCC/C=C\CCCCCCCCC)OC(=O)CCCCC/C=C\CCCCCCCC)C(O)C(O)C1O. The van der Waals surface area contributed by atoms with E-state index in [1.54, 1.807) is 0 Å². The topological polar surface area (TPSA) is 374 Å². The molecule has 2 saturated heterocycles. The standard InChI is InChI=1S/C72H129O24P/c1-4-7-10-13-16-19-22-25-27-30-32-35-38-41-44-47-57(75)89-52-55-60(78)62(80)67(85)72(93-55)95-69-65(83)63(81)64(82)68(94-71-66(84)61(79)59(77)54(49-73)92-71)70(69)96-97(86,87)90-51-53(91-58(76)48-45-42-39-36-33-28-24-21-18-15-12-9-6-3)50-88-56(74)46-43-40-37-34-31-29-26-23-20-17-14-11-8-5-2/h19,22,28-29,31,33,53-55,59-73,77-85H,4-18,20-21,23-27,30,32,34-52H2,1-3H3,(H,86,87)/b22-19-,31-29-,33-28-. The number of aliphatic hydroxyl groups excluding tert-OH is 10. The maximum atomic E-state index is 14.3. The van der Waals surface area contributed by atoms with Gasteiger partial charge < -0.3 is 89.1 Å². The monoisotopic (exact) mass is 1410 g/mol. The van der Waals surface area contributed by atoms with Gasteiger partial charge in [0.05, 0.1) is 13.2 Å². The fourth-order valence-electron chi connectivity index (χ4n) is 12.0. The Morgan fingerprint density at radius 1 is 0.392 bits per heavy atom. The lowest BCUT2D eigenvalue weighted by Crippen LogP contribution is -2.69. The average Bonchev–Trinajstić information content (AvgIpc) is 0.764. The summed E-state index contributed by atoms with van der Waals surface area (Å²) in [5.74, 6) is -2.03. The first-order valence-electron chi connectivity index (χ1n) is 37.3. The second-order valence-electron chi connectivity index (χ2n) is 26.6. The number of carbonyl (C=O) groups is 3. The van der Waals surface area contributed by atoms with E-state index in [4.69, 9.17) is 42.2 Å². The van der Waals surface area contributed by atoms with Crippen LogP contribution in [0.1, 0.15) is 271 Å². The molecular weight excluding hydrogens is 1280 g/mol. The molecule has 2 heterocycles. The molecule has 0 amide bonds. The molecule has 11 N–H and O–H groups in total. The summed E-state index contributed by atoms with van der Waals surface area (Å²) >= 11 is 0. The Balaban J connectivity index is 1.74. The molecule has 0 bridgehead atoms. The van der Waals surface area contributed by atoms with Crippen LogP contribution in [0, 0.1) is 0 Å². The molecule has 18 unspecified atom stereocenters. The molecule has 1 aliphatic carbocycles. The minimum absolute atomic E-state index is 0.0212. The van der Waals surface area contributed by atoms with Crippen LogP contribution >= 0.6 is 7.82 Å². The molecule has 0 aromatic heterocycles. The molecule has 97 heavy (non-hydrogen) atoms. The van der Waals surface area contributed by atoms with Crippen molar-refractivity contribution in [3.05, 3.63) is 36.5 Å². The van der Waals surface area contributed by atoms with Crippen molar-refractivity contribution in [1.82, 2.24) is 0 Å². The van der Waals surface area contributed by atoms with E-state index in [0.29, 0.717) is 25.7 Å². The zero-order valence-electron chi connectivity index (χ0n) is 58.9. The fraction of sp³-hybridized carbons (Fsp3) is 0.875. The van der Waals surface area contributed by atoms with Crippen LogP contribution < -0.4 is 0 Å². The number of phosphoric acid groups is 1. The Morgan fingerprint density at radius 3 is 1.13 bits per heavy atom. The van der Waals surface area contributed by atoms with E-state index in [1.165, 1.54) is 96.3 Å². The van der Waals surface area contributed by atoms with Crippen LogP contribution in [0.5, 0.6) is 0 Å². The summed E-state index contributed by atoms with van der Waals surface area (Å²) < 4.78 is 64.9. The number of rotatable bonds is 57. The first-order chi connectivity index (χ1) is 46.8. The first kappa shape index (κ1) is 88.4. The van der Waals surface area contributed by atoms with E-state index in [9.17, 15) is 74.9 Å². The number of aliphatic hydroxyl groups is 10. The summed E-state index contributed by atoms with van der Waals surface area (Å²) in [7, 11) is -5.70. The highest BCUT2D eigenvalue weighted by Gasteiger charge is 2.58. The molecular formula is C72H129O24P. The van der Waals surface area contributed by atoms with Gasteiger partial charge in [-0.15, -0.1) is 0 Å². The number of phosphoric ester groups is 1. The molecule has 0 radical (unpaired) electrons. The Labute approximate surface area is 578 Å². The summed E-state index contributed by atoms with van der Waals surface area (Å²) in [6.07, 6.45) is 15.1. The second kappa shape index (κ2) is 53.9. The maximum Gasteiger partial charge on any atom is 0.472 e. The van der Waals surface area contributed by atoms with Crippen molar-refractivity contribution in [3.63, 3.8) is 0 Å². The summed E-state index contributed by atoms with van der Waals surface area (Å²) in [5.41, 5.74) is 0. The predicted molar refractivity (Wildman–Crippen MR) is 365 cm³/mol. The van der Waals surface area contributed by atoms with Crippen LogP contribution in [0.2, 0.25) is 0 Å². The van der Waals surface area contributed by atoms with Crippen molar-refractivity contribution in [1.29, 1.82) is 0 Å². The summed E-state index contributed by atoms with van der Waals surface area (Å²) in [6, 6.07) is 0. The number of hydrogen-bond donors (Lipinski definition) is 11. The third-order valence-corrected chi connectivity index (χ3v) is 19.1. The van der Waals surface area contributed by atoms with Crippen molar-refractivity contribution in [2.45, 2.75) is 375 Å². The van der Waals surface area contributed by atoms with Gasteiger partial charge in [-0.05, 0) is 96.3 Å². The van der Waals surface area contributed by atoms with E-state index in [0.717, 1.165) is 109 Å². The van der Waals surface area contributed by atoms with Crippen LogP contribution in [-0.4, -0.2) is 204 Å². The smallest absolute Gasteiger partial charge is 0.463 e. The quantitative estimate of drug-likeness (QED) is 0.00886. The molecule has 3 fully saturated rings. The Hall–Kier alpha value is -2.82. The largest absolute Gasteiger partial charge is 0.472 e. The lowest BCUT2D eigenvalue weighted by molar-refractivity contribution is -0.360. The van der Waals surface area contributed by atoms with Crippen molar-refractivity contribution in [2.75, 3.05) is 26.4 Å². The molecule has 0 spiro atoms. The minimum Gasteiger partial charge on any atom is -0.463 e. The molecule has 0 aromatic rings. The molecule has 566 valence electrons. The molecule has 18 atom stereocenters. The van der Waals surface area contributed by atoms with Crippen molar-refractivity contribution in [3.8, 4) is 0 Å². The zero-order valence-corrected chi connectivity index (χ0v) is 59.8. The fourth-order valence-corrected chi connectivity index (χ4v) is 12.9. The Morgan fingerprint density at radius 2 is 0.722 bits per heavy atom. The third-order valence-electron chi connectivity index (χ3n) is 18.1. The minimum atomic E-state index is -5.70. The van der Waals surface area contributed by atoms with Gasteiger partial charge in [-0.25, -0.2) is 4.57 Å². The number of ether oxygens (including phenoxy) is 7. The maximum absolute atomic E-state index is 14.3. The zero-order chi connectivity index (χ0) is 71.1. The van der Waals surface area contributed by atoms with Gasteiger partial charge in [0.15, 0.2) is 18.7 Å². The number of unbranched alkanes of at least 4 members (excludes halogenated alkanes) is 30. The number of esters is 3. The summed E-state index contributed by atoms with van der Waals surface area (Å²) in [4.78, 5) is 50.9. The third kappa shape index (κ3) is 37.3. The van der Waals surface area contributed by atoms with E-state index >= 15 is 0 Å². The van der Waals surface area contributed by atoms with Crippen LogP contribution in [-0.2, 0) is 61.2 Å². The van der Waals surface area contributed by atoms with Gasteiger partial charge >= 0.3 is 25.7 Å². The van der Waals surface area contributed by atoms with Gasteiger partial charge in [-0.3, -0.25) is 23.4 Å². The number of hydrogen-bond acceptors (Lipinski definition) is 23. The number of carbonyl (C=O) groups excluding carboxylic acids is 3. The van der Waals surface area contributed by atoms with Gasteiger partial charge in [0.2, 0.25) is 0 Å². The molecule has 0 aromatic carbocycles. The average molecular weight is 1410 g/mol. The van der Waals surface area contributed by atoms with Crippen molar-refractivity contribution >= 4 is 25.7 Å². The predicted octanol–water partition coefficient (Wildman–Crippen LogP) is 9.90. The highest BCUT2D eigenvalue weighted by molar-refractivity contribution is 7.47. The second-order valence-corrected chi connectivity index (χ2v) is 28.0. The Bertz CT molecular complexity index is 2150. The summed E-state index contributed by atoms with van der Waals surface area (Å²) in [5, 5.41) is 110. The van der Waals surface area contributed by atoms with Gasteiger partial charge in [-0.1, -0.05) is 192 Å². The first-order valence-corrected chi connectivity index (χ1v) is 38.8. The highest BCUT2D eigenvalue weighted by Crippen LogP contribution is 2.49. The lowest BCUT2D eigenvalue weighted by Gasteiger charge is -2.49. The molecule has 3 rings (SSSR count). The summed E-state index contributed by atoms with van der Waals surface area (Å²) in [6.45, 7) is 3.37. The van der Waals surface area contributed by atoms with E-state index < -0.39 is 156 Å². The Kier molecular flexibility index (Phi) is 49.1. The van der Waals surface area contributed by atoms with Crippen LogP contribution in [0.3, 0.4) is 0 Å². The van der Waals surface area contributed by atoms with Gasteiger partial charge in [0.25, 0.3) is 0 Å². The lowest BCUT2D eigenvalue weighted by atomic mass is 9.84. The van der Waals surface area contributed by atoms with Crippen molar-refractivity contribution < 1.29 is 117 Å². The molecule has 24 nitrogen and oxygen atoms in total. The van der Waals surface area contributed by atoms with E-state index in [-0.39, 0.29) is 19.3 Å². The van der Waals surface area contributed by atoms with E-state index in [1.807, 2.05) is 0 Å². The molecule has 25 heteroatoms. The molecule has 1 saturated carbocycles. The van der Waals surface area contributed by atoms with Crippen LogP contribution in [0.4, 0.5) is 0 Å². The molecule has 2 aliphatic heterocycles. The van der Waals surface area contributed by atoms with Gasteiger partial charge in [0.1, 0.15) is 98.7 Å². The van der Waals surface area contributed by atoms with Gasteiger partial charge in [-0.2, -0.15) is 0 Å². The van der Waals surface area contributed by atoms with Gasteiger partial charge in [0, 0.05) is 19.3 Å². The van der Waals surface area contributed by atoms with Crippen LogP contribution in [0.15, 0.2) is 36.5 Å². The molecule has 3 aliphatic rings. The van der Waals surface area contributed by atoms with Crippen molar-refractivity contribution in [2.24, 2.45) is 0 Å². The van der Waals surface area contributed by atoms with E-state index in [2.05, 4.69) is 57.2 Å². The number of allylic oxidation sites excluding steroid dienone is 6. The van der Waals surface area contributed by atoms with Crippen LogP contribution in [0.25, 0.3) is 0 Å². The normalized spacial score (nSPS) is 28.0. The highest BCUT2D eigenvalue weighted by atomic mass is 31.2.